The highest BCUT2D eigenvalue weighted by Gasteiger charge is 2.38. The standard InChI is InChI=1S/C17H24N2O3/c1-11-5-4-6-12(2)16(11)22-8-7-18-15(20)10-19-17(21)14-9-13(14)3/h4-6,13-14H,7-10H2,1-3H3,(H,18,20)(H,19,21)/t13-,14+/m1/s1. The monoisotopic (exact) mass is 304 g/mol. The molecule has 2 rings (SSSR count). The lowest BCUT2D eigenvalue weighted by Crippen LogP contribution is -2.39. The Morgan fingerprint density at radius 2 is 1.86 bits per heavy atom. The van der Waals surface area contributed by atoms with Gasteiger partial charge in [0.2, 0.25) is 11.8 Å². The van der Waals surface area contributed by atoms with E-state index in [9.17, 15) is 9.59 Å². The zero-order chi connectivity index (χ0) is 16.1. The van der Waals surface area contributed by atoms with E-state index >= 15 is 0 Å². The normalized spacial score (nSPS) is 19.4. The highest BCUT2D eigenvalue weighted by molar-refractivity contribution is 5.87. The van der Waals surface area contributed by atoms with Crippen LogP contribution >= 0.6 is 0 Å². The molecule has 0 radical (unpaired) electrons. The van der Waals surface area contributed by atoms with Gasteiger partial charge >= 0.3 is 0 Å². The van der Waals surface area contributed by atoms with Crippen LogP contribution in [0.2, 0.25) is 0 Å². The Balaban J connectivity index is 1.62. The highest BCUT2D eigenvalue weighted by atomic mass is 16.5. The lowest BCUT2D eigenvalue weighted by molar-refractivity contribution is -0.127. The Morgan fingerprint density at radius 3 is 2.45 bits per heavy atom. The van der Waals surface area contributed by atoms with Gasteiger partial charge in [0.15, 0.2) is 0 Å². The van der Waals surface area contributed by atoms with Gasteiger partial charge in [-0.15, -0.1) is 0 Å². The third kappa shape index (κ3) is 4.48. The minimum Gasteiger partial charge on any atom is -0.491 e. The second kappa shape index (κ2) is 7.29. The van der Waals surface area contributed by atoms with Crippen molar-refractivity contribution >= 4 is 11.8 Å². The van der Waals surface area contributed by atoms with Gasteiger partial charge in [-0.25, -0.2) is 0 Å². The summed E-state index contributed by atoms with van der Waals surface area (Å²) in [7, 11) is 0. The molecule has 2 amide bonds. The Labute approximate surface area is 131 Å². The molecule has 1 saturated carbocycles. The number of hydrogen-bond donors (Lipinski definition) is 2. The summed E-state index contributed by atoms with van der Waals surface area (Å²) in [4.78, 5) is 23.2. The van der Waals surface area contributed by atoms with Crippen molar-refractivity contribution in [3.8, 4) is 5.75 Å². The van der Waals surface area contributed by atoms with Crippen molar-refractivity contribution in [1.82, 2.24) is 10.6 Å². The van der Waals surface area contributed by atoms with Gasteiger partial charge < -0.3 is 15.4 Å². The topological polar surface area (TPSA) is 67.4 Å². The predicted octanol–water partition coefficient (Wildman–Crippen LogP) is 1.57. The van der Waals surface area contributed by atoms with Crippen molar-refractivity contribution in [3.63, 3.8) is 0 Å². The summed E-state index contributed by atoms with van der Waals surface area (Å²) < 4.78 is 5.70. The summed E-state index contributed by atoms with van der Waals surface area (Å²) in [5.41, 5.74) is 2.16. The fourth-order valence-electron chi connectivity index (χ4n) is 2.42. The number of carbonyl (C=O) groups is 2. The van der Waals surface area contributed by atoms with Gasteiger partial charge in [0, 0.05) is 5.92 Å². The van der Waals surface area contributed by atoms with Crippen LogP contribution in [0, 0.1) is 25.7 Å². The van der Waals surface area contributed by atoms with Crippen LogP contribution in [-0.4, -0.2) is 31.5 Å². The lowest BCUT2D eigenvalue weighted by Gasteiger charge is -2.12. The number of amides is 2. The molecule has 0 heterocycles. The van der Waals surface area contributed by atoms with Gasteiger partial charge in [-0.3, -0.25) is 9.59 Å². The smallest absolute Gasteiger partial charge is 0.239 e. The van der Waals surface area contributed by atoms with Gasteiger partial charge in [0.25, 0.3) is 0 Å². The summed E-state index contributed by atoms with van der Waals surface area (Å²) in [5.74, 6) is 1.21. The van der Waals surface area contributed by atoms with Crippen LogP contribution in [0.5, 0.6) is 5.75 Å². The summed E-state index contributed by atoms with van der Waals surface area (Å²) in [6.07, 6.45) is 0.928. The van der Waals surface area contributed by atoms with E-state index in [-0.39, 0.29) is 24.3 Å². The molecule has 2 atom stereocenters. The molecular weight excluding hydrogens is 280 g/mol. The summed E-state index contributed by atoms with van der Waals surface area (Å²) in [5, 5.41) is 5.40. The third-order valence-electron chi connectivity index (χ3n) is 3.95. The second-order valence-corrected chi connectivity index (χ2v) is 5.96. The summed E-state index contributed by atoms with van der Waals surface area (Å²) >= 11 is 0. The van der Waals surface area contributed by atoms with E-state index in [0.717, 1.165) is 23.3 Å². The lowest BCUT2D eigenvalue weighted by atomic mass is 10.1. The van der Waals surface area contributed by atoms with Crippen LogP contribution in [0.3, 0.4) is 0 Å². The average Bonchev–Trinajstić information content (AvgIpc) is 3.20. The van der Waals surface area contributed by atoms with Crippen molar-refractivity contribution in [2.45, 2.75) is 27.2 Å². The number of rotatable bonds is 7. The molecule has 0 saturated heterocycles. The van der Waals surface area contributed by atoms with Gasteiger partial charge in [0.05, 0.1) is 13.1 Å². The Hall–Kier alpha value is -2.04. The minimum absolute atomic E-state index is 0.0190. The van der Waals surface area contributed by atoms with Crippen molar-refractivity contribution in [1.29, 1.82) is 0 Å². The molecular formula is C17H24N2O3. The zero-order valence-electron chi connectivity index (χ0n) is 13.4. The van der Waals surface area contributed by atoms with Crippen LogP contribution in [0.25, 0.3) is 0 Å². The fourth-order valence-corrected chi connectivity index (χ4v) is 2.42. The van der Waals surface area contributed by atoms with E-state index in [1.54, 1.807) is 0 Å². The van der Waals surface area contributed by atoms with Crippen LogP contribution < -0.4 is 15.4 Å². The molecule has 22 heavy (non-hydrogen) atoms. The molecule has 0 spiro atoms. The van der Waals surface area contributed by atoms with Crippen molar-refractivity contribution in [2.24, 2.45) is 11.8 Å². The van der Waals surface area contributed by atoms with E-state index in [1.165, 1.54) is 0 Å². The van der Waals surface area contributed by atoms with E-state index in [1.807, 2.05) is 39.0 Å². The maximum Gasteiger partial charge on any atom is 0.239 e. The number of ether oxygens (including phenoxy) is 1. The van der Waals surface area contributed by atoms with E-state index in [4.69, 9.17) is 4.74 Å². The van der Waals surface area contributed by atoms with Gasteiger partial charge in [-0.05, 0) is 37.3 Å². The number of aryl methyl sites for hydroxylation is 2. The van der Waals surface area contributed by atoms with Gasteiger partial charge in [-0.2, -0.15) is 0 Å². The van der Waals surface area contributed by atoms with Crippen molar-refractivity contribution < 1.29 is 14.3 Å². The van der Waals surface area contributed by atoms with E-state index in [2.05, 4.69) is 10.6 Å². The van der Waals surface area contributed by atoms with Crippen LogP contribution in [0.1, 0.15) is 24.5 Å². The Kier molecular flexibility index (Phi) is 5.41. The zero-order valence-corrected chi connectivity index (χ0v) is 13.4. The molecule has 1 aromatic rings. The first-order valence-corrected chi connectivity index (χ1v) is 7.72. The number of carbonyl (C=O) groups excluding carboxylic acids is 2. The van der Waals surface area contributed by atoms with Crippen LogP contribution in [0.4, 0.5) is 0 Å². The first-order chi connectivity index (χ1) is 10.5. The maximum absolute atomic E-state index is 11.6. The summed E-state index contributed by atoms with van der Waals surface area (Å²) in [6, 6.07) is 5.98. The largest absolute Gasteiger partial charge is 0.491 e. The molecule has 0 unspecified atom stereocenters. The number of hydrogen-bond acceptors (Lipinski definition) is 3. The second-order valence-electron chi connectivity index (χ2n) is 5.96. The molecule has 5 nitrogen and oxygen atoms in total. The molecule has 0 aliphatic heterocycles. The fraction of sp³-hybridized carbons (Fsp3) is 0.529. The third-order valence-corrected chi connectivity index (χ3v) is 3.95. The number of nitrogens with one attached hydrogen (secondary N) is 2. The molecule has 1 fully saturated rings. The predicted molar refractivity (Wildman–Crippen MR) is 84.7 cm³/mol. The van der Waals surface area contributed by atoms with Gasteiger partial charge in [-0.1, -0.05) is 25.1 Å². The van der Waals surface area contributed by atoms with E-state index in [0.29, 0.717) is 19.1 Å². The van der Waals surface area contributed by atoms with Crippen molar-refractivity contribution in [2.75, 3.05) is 19.7 Å². The molecule has 5 heteroatoms. The molecule has 1 aliphatic rings. The first kappa shape index (κ1) is 16.3. The highest BCUT2D eigenvalue weighted by Crippen LogP contribution is 2.37. The minimum atomic E-state index is -0.188. The Bertz CT molecular complexity index is 537. The molecule has 0 aromatic heterocycles. The maximum atomic E-state index is 11.6. The van der Waals surface area contributed by atoms with Crippen LogP contribution in [-0.2, 0) is 9.59 Å². The quantitative estimate of drug-likeness (QED) is 0.751. The molecule has 1 aliphatic carbocycles. The average molecular weight is 304 g/mol. The Morgan fingerprint density at radius 1 is 1.23 bits per heavy atom. The molecule has 120 valence electrons. The number of benzene rings is 1. The number of para-hydroxylation sites is 1. The summed E-state index contributed by atoms with van der Waals surface area (Å²) in [6.45, 7) is 6.89. The van der Waals surface area contributed by atoms with Crippen LogP contribution in [0.15, 0.2) is 18.2 Å². The SMILES string of the molecule is Cc1cccc(C)c1OCCNC(=O)CNC(=O)[C@H]1C[C@H]1C. The molecule has 1 aromatic carbocycles. The van der Waals surface area contributed by atoms with Gasteiger partial charge in [0.1, 0.15) is 12.4 Å². The molecule has 2 N–H and O–H groups in total. The van der Waals surface area contributed by atoms with E-state index < -0.39 is 0 Å². The first-order valence-electron chi connectivity index (χ1n) is 7.72. The molecule has 0 bridgehead atoms. The van der Waals surface area contributed by atoms with Crippen molar-refractivity contribution in [3.05, 3.63) is 29.3 Å².